The normalized spacial score (nSPS) is 11.0. The van der Waals surface area contributed by atoms with Gasteiger partial charge in [-0.05, 0) is 36.4 Å². The summed E-state index contributed by atoms with van der Waals surface area (Å²) >= 11 is 1.57. The number of aromatic nitrogens is 5. The minimum absolute atomic E-state index is 0.245. The molecule has 142 valence electrons. The van der Waals surface area contributed by atoms with Crippen LogP contribution < -0.4 is 5.32 Å². The number of nitrogens with one attached hydrogen (secondary N) is 1. The molecule has 0 aliphatic heterocycles. The van der Waals surface area contributed by atoms with E-state index in [4.69, 9.17) is 4.42 Å². The van der Waals surface area contributed by atoms with Crippen molar-refractivity contribution < 1.29 is 9.21 Å². The number of fused-ring (bicyclic) bond motifs is 1. The van der Waals surface area contributed by atoms with Crippen LogP contribution in [0.3, 0.4) is 0 Å². The summed E-state index contributed by atoms with van der Waals surface area (Å²) < 4.78 is 8.43. The highest BCUT2D eigenvalue weighted by molar-refractivity contribution is 7.21. The Morgan fingerprint density at radius 1 is 1.14 bits per heavy atom. The lowest BCUT2D eigenvalue weighted by Crippen LogP contribution is -2.24. The van der Waals surface area contributed by atoms with Gasteiger partial charge in [0.2, 0.25) is 0 Å². The van der Waals surface area contributed by atoms with Crippen LogP contribution in [0.25, 0.3) is 26.8 Å². The van der Waals surface area contributed by atoms with Gasteiger partial charge in [0, 0.05) is 6.20 Å². The number of amides is 1. The van der Waals surface area contributed by atoms with Crippen molar-refractivity contribution in [1.82, 2.24) is 30.0 Å². The third-order valence-corrected chi connectivity index (χ3v) is 5.31. The molecular weight excluding hydrogens is 388 g/mol. The Labute approximate surface area is 168 Å². The molecule has 5 rings (SSSR count). The lowest BCUT2D eigenvalue weighted by atomic mass is 10.2. The van der Waals surface area contributed by atoms with E-state index >= 15 is 0 Å². The van der Waals surface area contributed by atoms with E-state index in [0.717, 1.165) is 15.2 Å². The molecule has 8 nitrogen and oxygen atoms in total. The molecule has 0 saturated carbocycles. The maximum atomic E-state index is 12.7. The fourth-order valence-corrected chi connectivity index (χ4v) is 3.83. The van der Waals surface area contributed by atoms with E-state index in [1.807, 2.05) is 36.4 Å². The number of hydrogen-bond acceptors (Lipinski definition) is 7. The van der Waals surface area contributed by atoms with Gasteiger partial charge in [-0.2, -0.15) is 5.10 Å². The summed E-state index contributed by atoms with van der Waals surface area (Å²) in [7, 11) is 0. The third-order valence-electron chi connectivity index (χ3n) is 4.26. The topological polar surface area (TPSA) is 98.7 Å². The van der Waals surface area contributed by atoms with Crippen LogP contribution in [0.4, 0.5) is 0 Å². The molecule has 5 aromatic rings. The Bertz CT molecular complexity index is 1260. The molecule has 0 atom stereocenters. The van der Waals surface area contributed by atoms with Crippen molar-refractivity contribution in [2.24, 2.45) is 0 Å². The zero-order valence-electron chi connectivity index (χ0n) is 15.0. The first-order chi connectivity index (χ1) is 14.3. The van der Waals surface area contributed by atoms with Gasteiger partial charge in [0.25, 0.3) is 5.91 Å². The largest absolute Gasteiger partial charge is 0.457 e. The average molecular weight is 402 g/mol. The number of hydrogen-bond donors (Lipinski definition) is 1. The predicted octanol–water partition coefficient (Wildman–Crippen LogP) is 3.46. The first-order valence-corrected chi connectivity index (χ1v) is 9.62. The van der Waals surface area contributed by atoms with Crippen molar-refractivity contribution in [3.05, 3.63) is 78.7 Å². The van der Waals surface area contributed by atoms with Crippen molar-refractivity contribution >= 4 is 27.5 Å². The Morgan fingerprint density at radius 2 is 2.07 bits per heavy atom. The van der Waals surface area contributed by atoms with E-state index in [1.165, 1.54) is 17.3 Å². The van der Waals surface area contributed by atoms with Crippen LogP contribution in [0, 0.1) is 0 Å². The fraction of sp³-hybridized carbons (Fsp3) is 0.0500. The number of pyridine rings is 1. The standard InChI is InChI=1S/C20H14N6O2S/c27-19(14-4-3-9-22-18(14)26-12-21-11-24-26)23-10-13-7-8-16(28-13)20-25-15-5-1-2-6-17(15)29-20/h1-9,11-12H,10H2,(H,23,27). The molecule has 1 amide bonds. The molecule has 0 fully saturated rings. The number of para-hydroxylation sites is 1. The lowest BCUT2D eigenvalue weighted by Gasteiger charge is -2.07. The monoisotopic (exact) mass is 402 g/mol. The van der Waals surface area contributed by atoms with Crippen LogP contribution in [0.5, 0.6) is 0 Å². The van der Waals surface area contributed by atoms with Gasteiger partial charge in [-0.1, -0.05) is 12.1 Å². The number of furan rings is 1. The van der Waals surface area contributed by atoms with Crippen LogP contribution in [-0.4, -0.2) is 30.6 Å². The summed E-state index contributed by atoms with van der Waals surface area (Å²) in [4.78, 5) is 25.4. The van der Waals surface area contributed by atoms with E-state index in [-0.39, 0.29) is 12.5 Å². The minimum Gasteiger partial charge on any atom is -0.457 e. The second-order valence-corrected chi connectivity index (χ2v) is 7.18. The SMILES string of the molecule is O=C(NCc1ccc(-c2nc3ccccc3s2)o1)c1cccnc1-n1cncn1. The minimum atomic E-state index is -0.276. The van der Waals surface area contributed by atoms with E-state index in [1.54, 1.807) is 29.7 Å². The van der Waals surface area contributed by atoms with Crippen molar-refractivity contribution in [2.45, 2.75) is 6.54 Å². The number of nitrogens with zero attached hydrogens (tertiary/aromatic N) is 5. The molecule has 9 heteroatoms. The Morgan fingerprint density at radius 3 is 2.93 bits per heavy atom. The molecule has 0 saturated heterocycles. The molecule has 0 bridgehead atoms. The number of carbonyl (C=O) groups is 1. The quantitative estimate of drug-likeness (QED) is 0.483. The van der Waals surface area contributed by atoms with Crippen molar-refractivity contribution in [2.75, 3.05) is 0 Å². The molecule has 4 aromatic heterocycles. The van der Waals surface area contributed by atoms with Gasteiger partial charge < -0.3 is 9.73 Å². The molecule has 4 heterocycles. The maximum absolute atomic E-state index is 12.7. The van der Waals surface area contributed by atoms with Crippen LogP contribution in [-0.2, 0) is 6.54 Å². The van der Waals surface area contributed by atoms with Crippen LogP contribution in [0.1, 0.15) is 16.1 Å². The summed E-state index contributed by atoms with van der Waals surface area (Å²) in [6.45, 7) is 0.245. The van der Waals surface area contributed by atoms with E-state index in [2.05, 4.69) is 25.4 Å². The zero-order chi connectivity index (χ0) is 19.6. The van der Waals surface area contributed by atoms with Crippen molar-refractivity contribution in [1.29, 1.82) is 0 Å². The van der Waals surface area contributed by atoms with Crippen molar-refractivity contribution in [3.8, 4) is 16.6 Å². The predicted molar refractivity (Wildman–Crippen MR) is 108 cm³/mol. The van der Waals surface area contributed by atoms with Gasteiger partial charge >= 0.3 is 0 Å². The van der Waals surface area contributed by atoms with Gasteiger partial charge in [-0.25, -0.2) is 19.6 Å². The molecule has 0 aliphatic rings. The van der Waals surface area contributed by atoms with E-state index < -0.39 is 0 Å². The first kappa shape index (κ1) is 17.3. The lowest BCUT2D eigenvalue weighted by molar-refractivity contribution is 0.0947. The molecule has 1 N–H and O–H groups in total. The molecule has 0 spiro atoms. The highest BCUT2D eigenvalue weighted by Gasteiger charge is 2.15. The van der Waals surface area contributed by atoms with Gasteiger partial charge in [0.05, 0.1) is 22.3 Å². The highest BCUT2D eigenvalue weighted by Crippen LogP contribution is 2.31. The average Bonchev–Trinajstić information content (AvgIpc) is 3.52. The highest BCUT2D eigenvalue weighted by atomic mass is 32.1. The molecule has 1 aromatic carbocycles. The Kier molecular flexibility index (Phi) is 4.34. The van der Waals surface area contributed by atoms with Crippen LogP contribution in [0.15, 0.2) is 71.8 Å². The molecule has 29 heavy (non-hydrogen) atoms. The Hall–Kier alpha value is -3.85. The summed E-state index contributed by atoms with van der Waals surface area (Å²) in [5.74, 6) is 1.46. The number of rotatable bonds is 5. The maximum Gasteiger partial charge on any atom is 0.255 e. The Balaban J connectivity index is 1.32. The zero-order valence-corrected chi connectivity index (χ0v) is 15.8. The molecular formula is C20H14N6O2S. The van der Waals surface area contributed by atoms with Crippen molar-refractivity contribution in [3.63, 3.8) is 0 Å². The molecule has 0 aliphatic carbocycles. The fourth-order valence-electron chi connectivity index (χ4n) is 2.90. The first-order valence-electron chi connectivity index (χ1n) is 8.81. The number of carbonyl (C=O) groups excluding carboxylic acids is 1. The van der Waals surface area contributed by atoms with Gasteiger partial charge in [0.15, 0.2) is 16.6 Å². The van der Waals surface area contributed by atoms with Crippen LogP contribution in [0.2, 0.25) is 0 Å². The summed E-state index contributed by atoms with van der Waals surface area (Å²) in [6, 6.07) is 15.0. The summed E-state index contributed by atoms with van der Waals surface area (Å²) in [5.41, 5.74) is 1.34. The summed E-state index contributed by atoms with van der Waals surface area (Å²) in [5, 5.41) is 7.71. The number of benzene rings is 1. The van der Waals surface area contributed by atoms with Gasteiger partial charge in [-0.15, -0.1) is 11.3 Å². The van der Waals surface area contributed by atoms with E-state index in [0.29, 0.717) is 22.9 Å². The second kappa shape index (κ2) is 7.28. The smallest absolute Gasteiger partial charge is 0.255 e. The van der Waals surface area contributed by atoms with Crippen LogP contribution >= 0.6 is 11.3 Å². The van der Waals surface area contributed by atoms with Gasteiger partial charge in [0.1, 0.15) is 18.4 Å². The van der Waals surface area contributed by atoms with Gasteiger partial charge in [-0.3, -0.25) is 4.79 Å². The third kappa shape index (κ3) is 3.39. The molecule has 0 radical (unpaired) electrons. The van der Waals surface area contributed by atoms with E-state index in [9.17, 15) is 4.79 Å². The number of thiazole rings is 1. The second-order valence-electron chi connectivity index (χ2n) is 6.15. The molecule has 0 unspecified atom stereocenters. The summed E-state index contributed by atoms with van der Waals surface area (Å²) in [6.07, 6.45) is 4.49.